The minimum Gasteiger partial charge on any atom is -0.507 e. The average molecular weight is 341 g/mol. The minimum atomic E-state index is -0.151. The van der Waals surface area contributed by atoms with Gasteiger partial charge in [0.25, 0.3) is 0 Å². The first-order chi connectivity index (χ1) is 12.1. The number of benzene rings is 2. The highest BCUT2D eigenvalue weighted by atomic mass is 16.5. The molecule has 0 aliphatic rings. The molecule has 0 spiro atoms. The van der Waals surface area contributed by atoms with Gasteiger partial charge in [0, 0.05) is 12.6 Å². The maximum Gasteiger partial charge on any atom is 0.163 e. The van der Waals surface area contributed by atoms with E-state index in [4.69, 9.17) is 4.74 Å². The Bertz CT molecular complexity index is 670. The van der Waals surface area contributed by atoms with Crippen molar-refractivity contribution in [1.29, 1.82) is 0 Å². The quantitative estimate of drug-likeness (QED) is 0.518. The van der Waals surface area contributed by atoms with Crippen LogP contribution in [0.2, 0.25) is 0 Å². The van der Waals surface area contributed by atoms with E-state index in [9.17, 15) is 9.90 Å². The first-order valence-corrected chi connectivity index (χ1v) is 8.83. The number of nitrogens with zero attached hydrogens (tertiary/aromatic N) is 1. The van der Waals surface area contributed by atoms with E-state index in [0.717, 1.165) is 32.5 Å². The lowest BCUT2D eigenvalue weighted by molar-refractivity contribution is 0.101. The van der Waals surface area contributed by atoms with E-state index in [1.807, 2.05) is 6.07 Å². The molecule has 0 aromatic heterocycles. The van der Waals surface area contributed by atoms with Crippen LogP contribution >= 0.6 is 0 Å². The SMILES string of the molecule is CCN(CCCCOc1ccc(C(C)=O)c(O)c1)Cc1ccccc1. The van der Waals surface area contributed by atoms with Crippen LogP contribution < -0.4 is 4.74 Å². The van der Waals surface area contributed by atoms with E-state index in [1.165, 1.54) is 18.6 Å². The van der Waals surface area contributed by atoms with Gasteiger partial charge in [-0.3, -0.25) is 9.69 Å². The lowest BCUT2D eigenvalue weighted by Gasteiger charge is -2.20. The monoisotopic (exact) mass is 341 g/mol. The van der Waals surface area contributed by atoms with Crippen molar-refractivity contribution in [2.45, 2.75) is 33.2 Å². The van der Waals surface area contributed by atoms with Gasteiger partial charge in [0.05, 0.1) is 12.2 Å². The Labute approximate surface area is 150 Å². The van der Waals surface area contributed by atoms with Crippen molar-refractivity contribution in [2.75, 3.05) is 19.7 Å². The fourth-order valence-electron chi connectivity index (χ4n) is 2.72. The van der Waals surface area contributed by atoms with E-state index in [2.05, 4.69) is 36.1 Å². The second kappa shape index (κ2) is 9.84. The molecule has 0 aliphatic carbocycles. The molecule has 0 radical (unpaired) electrons. The summed E-state index contributed by atoms with van der Waals surface area (Å²) in [5.41, 5.74) is 1.66. The summed E-state index contributed by atoms with van der Waals surface area (Å²) in [5.74, 6) is 0.422. The summed E-state index contributed by atoms with van der Waals surface area (Å²) in [4.78, 5) is 13.7. The van der Waals surface area contributed by atoms with Crippen molar-refractivity contribution in [2.24, 2.45) is 0 Å². The van der Waals surface area contributed by atoms with E-state index >= 15 is 0 Å². The number of aromatic hydroxyl groups is 1. The second-order valence-electron chi connectivity index (χ2n) is 6.15. The Morgan fingerprint density at radius 2 is 1.88 bits per heavy atom. The second-order valence-corrected chi connectivity index (χ2v) is 6.15. The number of Topliss-reactive ketones (excluding diaryl/α,β-unsaturated/α-hetero) is 1. The highest BCUT2D eigenvalue weighted by Crippen LogP contribution is 2.24. The number of phenols is 1. The lowest BCUT2D eigenvalue weighted by Crippen LogP contribution is -2.24. The Balaban J connectivity index is 1.70. The zero-order valence-corrected chi connectivity index (χ0v) is 15.1. The van der Waals surface area contributed by atoms with Crippen molar-refractivity contribution in [3.05, 3.63) is 59.7 Å². The van der Waals surface area contributed by atoms with Crippen molar-refractivity contribution < 1.29 is 14.6 Å². The first-order valence-electron chi connectivity index (χ1n) is 8.83. The van der Waals surface area contributed by atoms with E-state index < -0.39 is 0 Å². The van der Waals surface area contributed by atoms with Crippen LogP contribution in [0.5, 0.6) is 11.5 Å². The minimum absolute atomic E-state index is 0.0231. The van der Waals surface area contributed by atoms with E-state index in [-0.39, 0.29) is 11.5 Å². The van der Waals surface area contributed by atoms with Crippen molar-refractivity contribution >= 4 is 5.78 Å². The molecule has 0 aliphatic heterocycles. The van der Waals surface area contributed by atoms with Gasteiger partial charge in [0.15, 0.2) is 5.78 Å². The van der Waals surface area contributed by atoms with Crippen molar-refractivity contribution in [3.8, 4) is 11.5 Å². The summed E-state index contributed by atoms with van der Waals surface area (Å²) < 4.78 is 5.67. The van der Waals surface area contributed by atoms with E-state index in [0.29, 0.717) is 17.9 Å². The van der Waals surface area contributed by atoms with Crippen LogP contribution in [0.25, 0.3) is 0 Å². The third-order valence-electron chi connectivity index (χ3n) is 4.18. The Morgan fingerprint density at radius 1 is 1.12 bits per heavy atom. The van der Waals surface area contributed by atoms with Crippen molar-refractivity contribution in [3.63, 3.8) is 0 Å². The third-order valence-corrected chi connectivity index (χ3v) is 4.18. The molecule has 1 N–H and O–H groups in total. The number of unbranched alkanes of at least 4 members (excludes halogenated alkanes) is 1. The lowest BCUT2D eigenvalue weighted by atomic mass is 10.1. The number of rotatable bonds is 10. The molecule has 0 atom stereocenters. The highest BCUT2D eigenvalue weighted by molar-refractivity contribution is 5.96. The Morgan fingerprint density at radius 3 is 2.52 bits per heavy atom. The molecule has 4 heteroatoms. The molecule has 0 saturated heterocycles. The van der Waals surface area contributed by atoms with Gasteiger partial charge < -0.3 is 9.84 Å². The van der Waals surface area contributed by atoms with Crippen LogP contribution in [0.1, 0.15) is 42.6 Å². The summed E-state index contributed by atoms with van der Waals surface area (Å²) in [6, 6.07) is 15.3. The molecule has 134 valence electrons. The molecule has 0 heterocycles. The maximum atomic E-state index is 11.3. The fraction of sp³-hybridized carbons (Fsp3) is 0.381. The molecule has 0 bridgehead atoms. The van der Waals surface area contributed by atoms with Gasteiger partial charge in [-0.05, 0) is 50.6 Å². The number of hydrogen-bond acceptors (Lipinski definition) is 4. The standard InChI is InChI=1S/C21H27NO3/c1-3-22(16-18-9-5-4-6-10-18)13-7-8-14-25-19-11-12-20(17(2)23)21(24)15-19/h4-6,9-12,15,24H,3,7-8,13-14,16H2,1-2H3. The number of ketones is 1. The van der Waals surface area contributed by atoms with Crippen LogP contribution in [0.4, 0.5) is 0 Å². The van der Waals surface area contributed by atoms with Gasteiger partial charge in [-0.25, -0.2) is 0 Å². The predicted molar refractivity (Wildman–Crippen MR) is 100 cm³/mol. The molecular formula is C21H27NO3. The number of carbonyl (C=O) groups is 1. The molecule has 2 aromatic carbocycles. The summed E-state index contributed by atoms with van der Waals surface area (Å²) >= 11 is 0. The molecule has 0 amide bonds. The Kier molecular flexibility index (Phi) is 7.48. The number of phenolic OH excluding ortho intramolecular Hbond substituents is 1. The average Bonchev–Trinajstić information content (AvgIpc) is 2.61. The number of ether oxygens (including phenoxy) is 1. The highest BCUT2D eigenvalue weighted by Gasteiger charge is 2.08. The largest absolute Gasteiger partial charge is 0.507 e. The molecule has 0 saturated carbocycles. The van der Waals surface area contributed by atoms with Gasteiger partial charge in [-0.15, -0.1) is 0 Å². The molecule has 2 aromatic rings. The normalized spacial score (nSPS) is 10.8. The molecule has 2 rings (SSSR count). The summed E-state index contributed by atoms with van der Waals surface area (Å²) in [6.07, 6.45) is 2.00. The molecule has 25 heavy (non-hydrogen) atoms. The van der Waals surface area contributed by atoms with Crippen LogP contribution in [0, 0.1) is 0 Å². The van der Waals surface area contributed by atoms with Crippen molar-refractivity contribution in [1.82, 2.24) is 4.90 Å². The smallest absolute Gasteiger partial charge is 0.163 e. The summed E-state index contributed by atoms with van der Waals surface area (Å²) in [7, 11) is 0. The predicted octanol–water partition coefficient (Wildman–Crippen LogP) is 4.28. The molecule has 0 fully saturated rings. The van der Waals surface area contributed by atoms with Crippen LogP contribution in [-0.2, 0) is 6.54 Å². The van der Waals surface area contributed by atoms with Gasteiger partial charge in [0.2, 0.25) is 0 Å². The maximum absolute atomic E-state index is 11.3. The number of hydrogen-bond donors (Lipinski definition) is 1. The van der Waals surface area contributed by atoms with E-state index in [1.54, 1.807) is 12.1 Å². The molecule has 0 unspecified atom stereocenters. The van der Waals surface area contributed by atoms with Gasteiger partial charge in [-0.1, -0.05) is 37.3 Å². The molecule has 4 nitrogen and oxygen atoms in total. The zero-order chi connectivity index (χ0) is 18.1. The Hall–Kier alpha value is -2.33. The summed E-state index contributed by atoms with van der Waals surface area (Å²) in [5, 5.41) is 9.80. The third kappa shape index (κ3) is 6.24. The van der Waals surface area contributed by atoms with Gasteiger partial charge in [0.1, 0.15) is 11.5 Å². The number of carbonyl (C=O) groups excluding carboxylic acids is 1. The summed E-state index contributed by atoms with van der Waals surface area (Å²) in [6.45, 7) is 7.24. The molecular weight excluding hydrogens is 314 g/mol. The van der Waals surface area contributed by atoms with Gasteiger partial charge in [-0.2, -0.15) is 0 Å². The van der Waals surface area contributed by atoms with Crippen LogP contribution in [0.15, 0.2) is 48.5 Å². The van der Waals surface area contributed by atoms with Gasteiger partial charge >= 0.3 is 0 Å². The topological polar surface area (TPSA) is 49.8 Å². The zero-order valence-electron chi connectivity index (χ0n) is 15.1. The first kappa shape index (κ1) is 19.0. The van der Waals surface area contributed by atoms with Crippen LogP contribution in [-0.4, -0.2) is 35.5 Å². The fourth-order valence-corrected chi connectivity index (χ4v) is 2.72. The van der Waals surface area contributed by atoms with Crippen LogP contribution in [0.3, 0.4) is 0 Å².